The van der Waals surface area contributed by atoms with Crippen molar-refractivity contribution in [2.75, 3.05) is 184 Å². The van der Waals surface area contributed by atoms with Gasteiger partial charge in [-0.1, -0.05) is 52.4 Å². The molecule has 2 heterocycles. The number of carbonyl (C=O) groups excluding carboxylic acids is 4. The SMILES string of the molecule is C.[B]C(=O)CCCCCCCCCCCC(=O)CCC(C(=O)O)N1CCN(CC(=O)O)CCN(CC(=O)O)CCN(CC(=O)O)CC1.[B]C(=O)CCOCCOCCOCCCC(=O)CCC(C(=O)O)N1CCN(CC(=O)O)CCN(CC(=O)O)CCN(CC(=O)O)CC1. The van der Waals surface area contributed by atoms with E-state index in [-0.39, 0.29) is 214 Å². The minimum absolute atomic E-state index is 0. The molecule has 31 nitrogen and oxygen atoms in total. The van der Waals surface area contributed by atoms with Gasteiger partial charge in [-0.3, -0.25) is 87.1 Å². The Labute approximate surface area is 555 Å². The Morgan fingerprint density at radius 2 is 0.521 bits per heavy atom. The van der Waals surface area contributed by atoms with Crippen LogP contribution < -0.4 is 0 Å². The average molecular weight is 1340 g/mol. The number of carbonyl (C=O) groups is 12. The van der Waals surface area contributed by atoms with E-state index in [0.717, 1.165) is 57.8 Å². The predicted octanol–water partition coefficient (Wildman–Crippen LogP) is 0.0661. The molecule has 0 aliphatic carbocycles. The molecule has 0 aromatic heterocycles. The van der Waals surface area contributed by atoms with Crippen molar-refractivity contribution >= 4 is 86.4 Å². The van der Waals surface area contributed by atoms with Gasteiger partial charge in [-0.2, -0.15) is 0 Å². The number of Topliss-reactive ketones (excluding diaryl/α,β-unsaturated/α-hetero) is 2. The quantitative estimate of drug-likeness (QED) is 0.0295. The highest BCUT2D eigenvalue weighted by Gasteiger charge is 2.31. The zero-order valence-electron chi connectivity index (χ0n) is 54.1. The van der Waals surface area contributed by atoms with E-state index in [1.165, 1.54) is 0 Å². The number of hydrogen-bond donors (Lipinski definition) is 8. The Hall–Kier alpha value is -5.87. The maximum Gasteiger partial charge on any atom is 0.320 e. The summed E-state index contributed by atoms with van der Waals surface area (Å²) in [5.74, 6) is -8.78. The topological polar surface area (TPSA) is 420 Å². The van der Waals surface area contributed by atoms with Gasteiger partial charge in [0.1, 0.15) is 23.7 Å². The van der Waals surface area contributed by atoms with Gasteiger partial charge < -0.3 is 64.7 Å². The van der Waals surface area contributed by atoms with Crippen LogP contribution in [-0.4, -0.2) is 362 Å². The maximum absolute atomic E-state index is 12.7. The summed E-state index contributed by atoms with van der Waals surface area (Å²) < 4.78 is 16.0. The summed E-state index contributed by atoms with van der Waals surface area (Å²) in [6.45, 7) is 3.32. The number of nitrogens with zero attached hydrogens (tertiary/aromatic N) is 8. The fraction of sp³-hybridized carbons (Fsp3) is 0.803. The van der Waals surface area contributed by atoms with Crippen molar-refractivity contribution in [3.63, 3.8) is 0 Å². The molecule has 2 aliphatic heterocycles. The standard InChI is InChI=1S/C31H53BN4O10.C29H49BN4O13.CH4/c32-27(38)11-9-7-5-3-1-2-4-6-8-10-25(37)12-13-26(31(45)46)36-20-18-34(23-29(41)42)16-14-33(22-28(39)40)15-17-35(19-21-36)24-30(43)44;30-25(36)5-15-46-17-19-47-18-16-45-14-1-2-23(35)3-4-24(29(43)44)34-12-10-32(21-27(39)40)8-6-31(20-26(37)38)7-9-33(11-13-34)22-28(41)42;/h26H,1-24H2,(H,39,40)(H,41,42)(H,43,44)(H,45,46);24H,1-22H2,(H,37,38)(H,39,40)(H,41,42)(H,43,44);1H4. The van der Waals surface area contributed by atoms with Gasteiger partial charge in [-0.25, -0.2) is 0 Å². The Morgan fingerprint density at radius 1 is 0.287 bits per heavy atom. The first-order chi connectivity index (χ1) is 44.2. The van der Waals surface area contributed by atoms with Crippen LogP contribution in [0.15, 0.2) is 0 Å². The number of carboxylic acid groups (broad SMARTS) is 8. The van der Waals surface area contributed by atoms with Crippen molar-refractivity contribution in [3.05, 3.63) is 0 Å². The molecule has 2 fully saturated rings. The molecule has 0 bridgehead atoms. The van der Waals surface area contributed by atoms with Crippen molar-refractivity contribution in [2.24, 2.45) is 0 Å². The fourth-order valence-electron chi connectivity index (χ4n) is 10.5. The van der Waals surface area contributed by atoms with Crippen LogP contribution in [0, 0.1) is 0 Å². The van der Waals surface area contributed by atoms with Crippen LogP contribution in [-0.2, 0) is 71.7 Å². The molecule has 4 radical (unpaired) electrons. The van der Waals surface area contributed by atoms with Crippen LogP contribution >= 0.6 is 0 Å². The number of ether oxygens (including phenoxy) is 3. The van der Waals surface area contributed by atoms with E-state index >= 15 is 0 Å². The van der Waals surface area contributed by atoms with Crippen LogP contribution in [0.5, 0.6) is 0 Å². The lowest BCUT2D eigenvalue weighted by atomic mass is 9.96. The molecular formula is C61H106B2N8O23. The van der Waals surface area contributed by atoms with E-state index in [0.29, 0.717) is 52.3 Å². The lowest BCUT2D eigenvalue weighted by Gasteiger charge is -2.35. The largest absolute Gasteiger partial charge is 0.480 e. The minimum Gasteiger partial charge on any atom is -0.480 e. The molecule has 33 heteroatoms. The second kappa shape index (κ2) is 54.3. The van der Waals surface area contributed by atoms with Crippen molar-refractivity contribution in [1.29, 1.82) is 0 Å². The molecule has 0 aromatic carbocycles. The summed E-state index contributed by atoms with van der Waals surface area (Å²) in [6, 6.07) is -2.06. The van der Waals surface area contributed by atoms with Gasteiger partial charge in [0.15, 0.2) is 15.7 Å². The second-order valence-electron chi connectivity index (χ2n) is 23.3. The number of aliphatic carboxylic acids is 8. The van der Waals surface area contributed by atoms with Crippen LogP contribution in [0.3, 0.4) is 0 Å². The highest BCUT2D eigenvalue weighted by Crippen LogP contribution is 2.17. The van der Waals surface area contributed by atoms with Gasteiger partial charge in [-0.15, -0.1) is 0 Å². The third-order valence-corrected chi connectivity index (χ3v) is 15.6. The normalized spacial score (nSPS) is 16.8. The lowest BCUT2D eigenvalue weighted by Crippen LogP contribution is -2.51. The first-order valence-electron chi connectivity index (χ1n) is 32.2. The molecule has 0 aromatic rings. The zero-order chi connectivity index (χ0) is 69.3. The third-order valence-electron chi connectivity index (χ3n) is 15.6. The molecule has 534 valence electrons. The van der Waals surface area contributed by atoms with Crippen molar-refractivity contribution in [1.82, 2.24) is 39.2 Å². The summed E-state index contributed by atoms with van der Waals surface area (Å²) in [5.41, 5.74) is -0.694. The molecule has 2 saturated heterocycles. The van der Waals surface area contributed by atoms with Crippen molar-refractivity contribution in [2.45, 2.75) is 135 Å². The first-order valence-corrected chi connectivity index (χ1v) is 32.2. The van der Waals surface area contributed by atoms with Gasteiger partial charge >= 0.3 is 47.8 Å². The first kappa shape index (κ1) is 88.1. The maximum atomic E-state index is 12.7. The molecule has 8 N–H and O–H groups in total. The van der Waals surface area contributed by atoms with Crippen LogP contribution in [0.1, 0.15) is 123 Å². The van der Waals surface area contributed by atoms with Crippen molar-refractivity contribution < 1.29 is 113 Å². The van der Waals surface area contributed by atoms with E-state index in [1.54, 1.807) is 39.2 Å². The van der Waals surface area contributed by atoms with E-state index in [2.05, 4.69) is 0 Å². The summed E-state index contributed by atoms with van der Waals surface area (Å²) in [5, 5.41) is 76.4. The second-order valence-corrected chi connectivity index (χ2v) is 23.3. The summed E-state index contributed by atoms with van der Waals surface area (Å²) in [4.78, 5) is 153. The van der Waals surface area contributed by atoms with E-state index < -0.39 is 65.5 Å². The Kier molecular flexibility index (Phi) is 50.9. The number of ketones is 2. The molecule has 2 unspecified atom stereocenters. The van der Waals surface area contributed by atoms with Gasteiger partial charge in [-0.05, 0) is 38.5 Å². The average Bonchev–Trinajstić information content (AvgIpc) is 1.10. The zero-order valence-corrected chi connectivity index (χ0v) is 54.1. The number of carboxylic acids is 8. The fourth-order valence-corrected chi connectivity index (χ4v) is 10.5. The van der Waals surface area contributed by atoms with Gasteiger partial charge in [0.25, 0.3) is 0 Å². The molecule has 94 heavy (non-hydrogen) atoms. The van der Waals surface area contributed by atoms with E-state index in [9.17, 15) is 98.4 Å². The van der Waals surface area contributed by atoms with E-state index in [4.69, 9.17) is 29.9 Å². The minimum atomic E-state index is -1.14. The van der Waals surface area contributed by atoms with Gasteiger partial charge in [0, 0.05) is 143 Å². The monoisotopic (exact) mass is 1340 g/mol. The summed E-state index contributed by atoms with van der Waals surface area (Å²) in [7, 11) is 10.2. The van der Waals surface area contributed by atoms with Gasteiger partial charge in [0.05, 0.1) is 83.7 Å². The molecular weight excluding hydrogens is 1230 g/mol. The predicted molar refractivity (Wildman–Crippen MR) is 344 cm³/mol. The van der Waals surface area contributed by atoms with Crippen LogP contribution in [0.2, 0.25) is 0 Å². The van der Waals surface area contributed by atoms with Crippen LogP contribution in [0.25, 0.3) is 0 Å². The molecule has 0 amide bonds. The number of rotatable bonds is 47. The molecule has 0 saturated carbocycles. The Morgan fingerprint density at radius 3 is 0.787 bits per heavy atom. The van der Waals surface area contributed by atoms with Crippen molar-refractivity contribution in [3.8, 4) is 0 Å². The summed E-state index contributed by atoms with van der Waals surface area (Å²) >= 11 is 0. The van der Waals surface area contributed by atoms with E-state index in [1.807, 2.05) is 0 Å². The molecule has 2 aliphatic rings. The smallest absolute Gasteiger partial charge is 0.320 e. The molecule has 2 rings (SSSR count). The highest BCUT2D eigenvalue weighted by molar-refractivity contribution is 6.57. The number of unbranched alkanes of at least 4 members (excludes halogenated alkanes) is 8. The Bertz CT molecular complexity index is 2200. The third kappa shape index (κ3) is 48.8. The highest BCUT2D eigenvalue weighted by atomic mass is 16.5. The summed E-state index contributed by atoms with van der Waals surface area (Å²) in [6.07, 6.45) is 10.7. The van der Waals surface area contributed by atoms with Gasteiger partial charge in [0.2, 0.25) is 0 Å². The number of hydrogen-bond acceptors (Lipinski definition) is 23. The van der Waals surface area contributed by atoms with Crippen LogP contribution in [0.4, 0.5) is 0 Å². The molecule has 0 spiro atoms. The molecule has 2 atom stereocenters. The Balaban J connectivity index is 0.00000182. The lowest BCUT2D eigenvalue weighted by molar-refractivity contribution is -0.145.